The molecule has 1 aromatic heterocycles. The van der Waals surface area contributed by atoms with Crippen molar-refractivity contribution in [3.8, 4) is 0 Å². The quantitative estimate of drug-likeness (QED) is 0.799. The number of carbonyl (C=O) groups is 2. The fraction of sp³-hybridized carbons (Fsp3) is 0.500. The van der Waals surface area contributed by atoms with Gasteiger partial charge < -0.3 is 9.64 Å². The van der Waals surface area contributed by atoms with Crippen LogP contribution in [0.3, 0.4) is 0 Å². The number of hydrogen-bond donors (Lipinski definition) is 0. The second-order valence-corrected chi connectivity index (χ2v) is 5.00. The Labute approximate surface area is 125 Å². The number of nitrogens with zero attached hydrogens (tertiary/aromatic N) is 2. The highest BCUT2D eigenvalue weighted by molar-refractivity contribution is 5.89. The van der Waals surface area contributed by atoms with Crippen molar-refractivity contribution in [1.82, 2.24) is 9.88 Å². The van der Waals surface area contributed by atoms with Gasteiger partial charge in [0.1, 0.15) is 0 Å². The van der Waals surface area contributed by atoms with E-state index in [-0.39, 0.29) is 24.9 Å². The van der Waals surface area contributed by atoms with Crippen molar-refractivity contribution in [2.24, 2.45) is 5.92 Å². The van der Waals surface area contributed by atoms with Crippen molar-refractivity contribution in [2.45, 2.75) is 19.5 Å². The molecular formula is C14H15F3N2O3. The summed E-state index contributed by atoms with van der Waals surface area (Å²) in [7, 11) is 0. The molecule has 0 N–H and O–H groups in total. The second-order valence-electron chi connectivity index (χ2n) is 5.00. The lowest BCUT2D eigenvalue weighted by molar-refractivity contribution is -0.138. The highest BCUT2D eigenvalue weighted by atomic mass is 19.4. The molecule has 1 amide bonds. The summed E-state index contributed by atoms with van der Waals surface area (Å²) in [5.74, 6) is -1.37. The zero-order valence-corrected chi connectivity index (χ0v) is 11.9. The van der Waals surface area contributed by atoms with Crippen LogP contribution in [0.2, 0.25) is 0 Å². The van der Waals surface area contributed by atoms with E-state index in [1.165, 1.54) is 0 Å². The number of hydrogen-bond acceptors (Lipinski definition) is 4. The van der Waals surface area contributed by atoms with Gasteiger partial charge in [0.25, 0.3) is 0 Å². The Morgan fingerprint density at radius 2 is 2.23 bits per heavy atom. The topological polar surface area (TPSA) is 59.5 Å². The minimum Gasteiger partial charge on any atom is -0.461 e. The van der Waals surface area contributed by atoms with Crippen LogP contribution in [0.15, 0.2) is 18.3 Å². The summed E-state index contributed by atoms with van der Waals surface area (Å²) in [4.78, 5) is 28.4. The monoisotopic (exact) mass is 316 g/mol. The van der Waals surface area contributed by atoms with Gasteiger partial charge in [-0.15, -0.1) is 0 Å². The fourth-order valence-corrected chi connectivity index (χ4v) is 2.33. The van der Waals surface area contributed by atoms with E-state index in [1.54, 1.807) is 4.90 Å². The average molecular weight is 316 g/mol. The van der Waals surface area contributed by atoms with E-state index in [0.717, 1.165) is 18.3 Å². The Balaban J connectivity index is 2.01. The van der Waals surface area contributed by atoms with Gasteiger partial charge in [-0.1, -0.05) is 0 Å². The third kappa shape index (κ3) is 3.55. The van der Waals surface area contributed by atoms with Crippen LogP contribution in [-0.4, -0.2) is 41.5 Å². The predicted molar refractivity (Wildman–Crippen MR) is 69.9 cm³/mol. The fourth-order valence-electron chi connectivity index (χ4n) is 2.33. The normalized spacial score (nSPS) is 18.6. The molecule has 2 heterocycles. The van der Waals surface area contributed by atoms with E-state index in [9.17, 15) is 22.8 Å². The Hall–Kier alpha value is -2.12. The molecule has 0 unspecified atom stereocenters. The largest absolute Gasteiger partial charge is 0.461 e. The van der Waals surface area contributed by atoms with Crippen LogP contribution in [0.4, 0.5) is 13.2 Å². The molecule has 2 rings (SSSR count). The molecule has 0 aromatic carbocycles. The summed E-state index contributed by atoms with van der Waals surface area (Å²) in [6.07, 6.45) is -3.34. The maximum Gasteiger partial charge on any atom is 0.418 e. The number of aromatic nitrogens is 1. The lowest BCUT2D eigenvalue weighted by atomic mass is 10.1. The predicted octanol–water partition coefficient (Wildman–Crippen LogP) is 2.13. The van der Waals surface area contributed by atoms with E-state index in [4.69, 9.17) is 4.74 Å². The molecule has 1 atom stereocenters. The van der Waals surface area contributed by atoms with Crippen molar-refractivity contribution in [1.29, 1.82) is 0 Å². The molecule has 0 spiro atoms. The van der Waals surface area contributed by atoms with Gasteiger partial charge in [0.05, 0.1) is 12.2 Å². The molecular weight excluding hydrogens is 301 g/mol. The van der Waals surface area contributed by atoms with Crippen LogP contribution in [0.1, 0.15) is 29.4 Å². The van der Waals surface area contributed by atoms with E-state index in [1.807, 2.05) is 6.92 Å². The molecule has 0 aliphatic carbocycles. The average Bonchev–Trinajstić information content (AvgIpc) is 2.84. The third-order valence-electron chi connectivity index (χ3n) is 3.43. The van der Waals surface area contributed by atoms with Gasteiger partial charge in [-0.25, -0.2) is 9.78 Å². The maximum atomic E-state index is 12.8. The van der Waals surface area contributed by atoms with Gasteiger partial charge in [0.15, 0.2) is 5.69 Å². The first-order chi connectivity index (χ1) is 10.3. The van der Waals surface area contributed by atoms with Gasteiger partial charge in [0, 0.05) is 31.6 Å². The highest BCUT2D eigenvalue weighted by Gasteiger charge is 2.37. The molecule has 1 aliphatic heterocycles. The number of halogens is 3. The summed E-state index contributed by atoms with van der Waals surface area (Å²) >= 11 is 0. The maximum absolute atomic E-state index is 12.8. The number of rotatable bonds is 4. The Bertz CT molecular complexity index is 575. The van der Waals surface area contributed by atoms with Crippen molar-refractivity contribution in [3.63, 3.8) is 0 Å². The molecule has 1 fully saturated rings. The van der Waals surface area contributed by atoms with Crippen molar-refractivity contribution >= 4 is 11.9 Å². The van der Waals surface area contributed by atoms with Crippen LogP contribution in [-0.2, 0) is 15.7 Å². The number of carbonyl (C=O) groups excluding carboxylic acids is 2. The summed E-state index contributed by atoms with van der Waals surface area (Å²) in [5.41, 5.74) is -1.88. The van der Waals surface area contributed by atoms with Crippen molar-refractivity contribution in [2.75, 3.05) is 19.7 Å². The van der Waals surface area contributed by atoms with E-state index in [2.05, 4.69) is 4.98 Å². The summed E-state index contributed by atoms with van der Waals surface area (Å²) in [5, 5.41) is 0. The molecule has 1 aliphatic rings. The van der Waals surface area contributed by atoms with Crippen LogP contribution in [0, 0.1) is 5.92 Å². The third-order valence-corrected chi connectivity index (χ3v) is 3.43. The minimum absolute atomic E-state index is 0.0441. The molecule has 5 nitrogen and oxygen atoms in total. The SMILES string of the molecule is CCN1C[C@@H](COC(=O)c2ncccc2C(F)(F)F)CC1=O. The van der Waals surface area contributed by atoms with Crippen molar-refractivity contribution in [3.05, 3.63) is 29.6 Å². The summed E-state index contributed by atoms with van der Waals surface area (Å²) in [6.45, 7) is 2.73. The van der Waals surface area contributed by atoms with Crippen LogP contribution in [0.25, 0.3) is 0 Å². The molecule has 120 valence electrons. The van der Waals surface area contributed by atoms with Crippen LogP contribution >= 0.6 is 0 Å². The second kappa shape index (κ2) is 6.33. The van der Waals surface area contributed by atoms with Gasteiger partial charge >= 0.3 is 12.1 Å². The number of alkyl halides is 3. The molecule has 1 aromatic rings. The molecule has 22 heavy (non-hydrogen) atoms. The smallest absolute Gasteiger partial charge is 0.418 e. The van der Waals surface area contributed by atoms with E-state index in [0.29, 0.717) is 13.1 Å². The lowest BCUT2D eigenvalue weighted by Crippen LogP contribution is -2.25. The van der Waals surface area contributed by atoms with Crippen molar-refractivity contribution < 1.29 is 27.5 Å². The van der Waals surface area contributed by atoms with Gasteiger partial charge in [-0.2, -0.15) is 13.2 Å². The first-order valence-corrected chi connectivity index (χ1v) is 6.80. The van der Waals surface area contributed by atoms with Gasteiger partial charge in [-0.3, -0.25) is 4.79 Å². The standard InChI is InChI=1S/C14H15F3N2O3/c1-2-19-7-9(6-11(19)20)8-22-13(21)12-10(14(15,16)17)4-3-5-18-12/h3-5,9H,2,6-8H2,1H3/t9-/m0/s1. The highest BCUT2D eigenvalue weighted by Crippen LogP contribution is 2.31. The van der Waals surface area contributed by atoms with E-state index < -0.39 is 23.4 Å². The van der Waals surface area contributed by atoms with Crippen LogP contribution < -0.4 is 0 Å². The minimum atomic E-state index is -4.68. The number of pyridine rings is 1. The first-order valence-electron chi connectivity index (χ1n) is 6.80. The number of esters is 1. The summed E-state index contributed by atoms with van der Waals surface area (Å²) in [6, 6.07) is 1.88. The first kappa shape index (κ1) is 16.3. The zero-order chi connectivity index (χ0) is 16.3. The lowest BCUT2D eigenvalue weighted by Gasteiger charge is -2.14. The molecule has 0 radical (unpaired) electrons. The Morgan fingerprint density at radius 3 is 2.82 bits per heavy atom. The Kier molecular flexibility index (Phi) is 4.68. The zero-order valence-electron chi connectivity index (χ0n) is 11.9. The number of amides is 1. The van der Waals surface area contributed by atoms with Gasteiger partial charge in [0.2, 0.25) is 5.91 Å². The van der Waals surface area contributed by atoms with E-state index >= 15 is 0 Å². The molecule has 1 saturated heterocycles. The molecule has 0 saturated carbocycles. The molecule has 8 heteroatoms. The molecule has 0 bridgehead atoms. The van der Waals surface area contributed by atoms with Crippen LogP contribution in [0.5, 0.6) is 0 Å². The summed E-state index contributed by atoms with van der Waals surface area (Å²) < 4.78 is 43.3. The number of ether oxygens (including phenoxy) is 1. The number of likely N-dealkylation sites (tertiary alicyclic amines) is 1. The van der Waals surface area contributed by atoms with Gasteiger partial charge in [-0.05, 0) is 19.1 Å². The Morgan fingerprint density at radius 1 is 1.50 bits per heavy atom.